The van der Waals surface area contributed by atoms with Crippen LogP contribution in [0.5, 0.6) is 0 Å². The van der Waals surface area contributed by atoms with Crippen LogP contribution in [0.15, 0.2) is 89.0 Å². The molecule has 29 heavy (non-hydrogen) atoms. The number of hydrogen-bond acceptors (Lipinski definition) is 4. The topological polar surface area (TPSA) is 47.8 Å². The second-order valence-corrected chi connectivity index (χ2v) is 7.68. The molecule has 0 N–H and O–H groups in total. The van der Waals surface area contributed by atoms with Gasteiger partial charge in [0.2, 0.25) is 0 Å². The van der Waals surface area contributed by atoms with Crippen molar-refractivity contribution in [2.45, 2.75) is 6.92 Å². The lowest BCUT2D eigenvalue weighted by molar-refractivity contribution is 0.961. The first-order chi connectivity index (χ1) is 14.2. The van der Waals surface area contributed by atoms with Crippen LogP contribution in [0.2, 0.25) is 0 Å². The minimum Gasteiger partial charge on any atom is -0.268 e. The summed E-state index contributed by atoms with van der Waals surface area (Å²) in [7, 11) is 0. The minimum absolute atomic E-state index is 0.112. The van der Waals surface area contributed by atoms with E-state index >= 15 is 0 Å². The molecule has 0 radical (unpaired) electrons. The maximum atomic E-state index is 13.4. The van der Waals surface area contributed by atoms with Gasteiger partial charge in [-0.25, -0.2) is 14.5 Å². The van der Waals surface area contributed by atoms with Crippen molar-refractivity contribution < 1.29 is 0 Å². The molecule has 0 amide bonds. The molecule has 2 heterocycles. The number of benzene rings is 3. The van der Waals surface area contributed by atoms with Crippen LogP contribution in [0.25, 0.3) is 38.7 Å². The molecule has 4 nitrogen and oxygen atoms in total. The van der Waals surface area contributed by atoms with Gasteiger partial charge in [0.25, 0.3) is 5.56 Å². The van der Waals surface area contributed by atoms with Crippen molar-refractivity contribution in [3.63, 3.8) is 0 Å². The molecule has 0 fully saturated rings. The van der Waals surface area contributed by atoms with Crippen LogP contribution in [-0.2, 0) is 0 Å². The van der Waals surface area contributed by atoms with Gasteiger partial charge in [-0.3, -0.25) is 4.79 Å². The van der Waals surface area contributed by atoms with E-state index in [1.54, 1.807) is 4.57 Å². The van der Waals surface area contributed by atoms with Gasteiger partial charge >= 0.3 is 0 Å². The van der Waals surface area contributed by atoms with E-state index in [1.807, 2.05) is 72.1 Å². The first-order valence-electron chi connectivity index (χ1n) is 9.31. The Bertz CT molecular complexity index is 1370. The molecule has 0 saturated carbocycles. The lowest BCUT2D eigenvalue weighted by atomic mass is 10.1. The van der Waals surface area contributed by atoms with Gasteiger partial charge in [0.05, 0.1) is 16.6 Å². The van der Waals surface area contributed by atoms with Gasteiger partial charge in [-0.15, -0.1) is 11.3 Å². The predicted octanol–water partition coefficient (Wildman–Crippen LogP) is 5.48. The lowest BCUT2D eigenvalue weighted by Gasteiger charge is -2.11. The van der Waals surface area contributed by atoms with Crippen LogP contribution in [0.4, 0.5) is 0 Å². The minimum atomic E-state index is -0.112. The van der Waals surface area contributed by atoms with E-state index in [1.165, 1.54) is 16.9 Å². The average molecular weight is 395 g/mol. The largest absolute Gasteiger partial charge is 0.268 e. The fourth-order valence-corrected chi connectivity index (χ4v) is 4.15. The van der Waals surface area contributed by atoms with Gasteiger partial charge in [0.15, 0.2) is 5.13 Å². The van der Waals surface area contributed by atoms with Crippen molar-refractivity contribution >= 4 is 22.2 Å². The predicted molar refractivity (Wildman–Crippen MR) is 119 cm³/mol. The number of nitrogens with zero attached hydrogens (tertiary/aromatic N) is 3. The van der Waals surface area contributed by atoms with Crippen molar-refractivity contribution in [2.24, 2.45) is 0 Å². The van der Waals surface area contributed by atoms with E-state index in [4.69, 9.17) is 9.97 Å². The SMILES string of the molecule is Cc1ccc(-c2csc(-n3c(-c4ccccc4)nc4ccccc4c3=O)n2)cc1. The molecule has 2 aromatic heterocycles. The van der Waals surface area contributed by atoms with E-state index in [2.05, 4.69) is 19.1 Å². The van der Waals surface area contributed by atoms with Gasteiger partial charge in [-0.1, -0.05) is 72.3 Å². The zero-order chi connectivity index (χ0) is 19.8. The molecule has 0 aliphatic carbocycles. The van der Waals surface area contributed by atoms with E-state index in [-0.39, 0.29) is 5.56 Å². The van der Waals surface area contributed by atoms with Crippen molar-refractivity contribution in [1.29, 1.82) is 0 Å². The Labute approximate surface area is 171 Å². The third kappa shape index (κ3) is 3.15. The van der Waals surface area contributed by atoms with Gasteiger partial charge < -0.3 is 0 Å². The fourth-order valence-electron chi connectivity index (χ4n) is 3.31. The van der Waals surface area contributed by atoms with Gasteiger partial charge in [-0.2, -0.15) is 0 Å². The molecule has 0 unspecified atom stereocenters. The summed E-state index contributed by atoms with van der Waals surface area (Å²) in [6.45, 7) is 2.06. The fraction of sp³-hybridized carbons (Fsp3) is 0.0417. The van der Waals surface area contributed by atoms with Gasteiger partial charge in [0, 0.05) is 16.5 Å². The summed E-state index contributed by atoms with van der Waals surface area (Å²) in [5.74, 6) is 0.596. The summed E-state index contributed by atoms with van der Waals surface area (Å²) in [5.41, 5.74) is 4.53. The number of hydrogen-bond donors (Lipinski definition) is 0. The highest BCUT2D eigenvalue weighted by atomic mass is 32.1. The highest BCUT2D eigenvalue weighted by Crippen LogP contribution is 2.27. The van der Waals surface area contributed by atoms with Crippen LogP contribution >= 0.6 is 11.3 Å². The lowest BCUT2D eigenvalue weighted by Crippen LogP contribution is -2.21. The Balaban J connectivity index is 1.75. The Morgan fingerprint density at radius 3 is 2.31 bits per heavy atom. The molecular formula is C24H17N3OS. The number of fused-ring (bicyclic) bond motifs is 1. The summed E-state index contributed by atoms with van der Waals surface area (Å²) in [6.07, 6.45) is 0. The third-order valence-corrected chi connectivity index (χ3v) is 5.66. The summed E-state index contributed by atoms with van der Waals surface area (Å²) in [4.78, 5) is 23.0. The number of para-hydroxylation sites is 1. The number of thiazole rings is 1. The third-order valence-electron chi connectivity index (χ3n) is 4.84. The van der Waals surface area contributed by atoms with Crippen molar-refractivity contribution in [3.05, 3.63) is 100 Å². The van der Waals surface area contributed by atoms with E-state index in [0.717, 1.165) is 16.8 Å². The number of aryl methyl sites for hydroxylation is 1. The summed E-state index contributed by atoms with van der Waals surface area (Å²) < 4.78 is 1.63. The molecule has 5 heteroatoms. The maximum Gasteiger partial charge on any atom is 0.268 e. The monoisotopic (exact) mass is 395 g/mol. The van der Waals surface area contributed by atoms with E-state index in [9.17, 15) is 4.79 Å². The van der Waals surface area contributed by atoms with Crippen molar-refractivity contribution in [3.8, 4) is 27.8 Å². The van der Waals surface area contributed by atoms with Crippen LogP contribution in [-0.4, -0.2) is 14.5 Å². The molecule has 3 aromatic carbocycles. The van der Waals surface area contributed by atoms with Crippen molar-refractivity contribution in [2.75, 3.05) is 0 Å². The quantitative estimate of drug-likeness (QED) is 0.406. The van der Waals surface area contributed by atoms with Gasteiger partial charge in [-0.05, 0) is 19.1 Å². The van der Waals surface area contributed by atoms with Gasteiger partial charge in [0.1, 0.15) is 5.82 Å². The number of aromatic nitrogens is 3. The average Bonchev–Trinajstić information content (AvgIpc) is 3.24. The smallest absolute Gasteiger partial charge is 0.268 e. The summed E-state index contributed by atoms with van der Waals surface area (Å²) in [5, 5.41) is 3.18. The molecular weight excluding hydrogens is 378 g/mol. The second kappa shape index (κ2) is 7.11. The number of rotatable bonds is 3. The molecule has 0 aliphatic rings. The Hall–Kier alpha value is -3.57. The molecule has 0 saturated heterocycles. The summed E-state index contributed by atoms with van der Waals surface area (Å²) >= 11 is 1.45. The molecule has 0 aliphatic heterocycles. The zero-order valence-electron chi connectivity index (χ0n) is 15.7. The molecule has 140 valence electrons. The second-order valence-electron chi connectivity index (χ2n) is 6.84. The molecule has 5 rings (SSSR count). The molecule has 5 aromatic rings. The zero-order valence-corrected chi connectivity index (χ0v) is 16.6. The first kappa shape index (κ1) is 17.5. The highest BCUT2D eigenvalue weighted by molar-refractivity contribution is 7.12. The molecule has 0 bridgehead atoms. The Morgan fingerprint density at radius 2 is 1.52 bits per heavy atom. The Morgan fingerprint density at radius 1 is 0.793 bits per heavy atom. The first-order valence-corrected chi connectivity index (χ1v) is 10.2. The molecule has 0 atom stereocenters. The summed E-state index contributed by atoms with van der Waals surface area (Å²) in [6, 6.07) is 25.4. The van der Waals surface area contributed by atoms with E-state index < -0.39 is 0 Å². The highest BCUT2D eigenvalue weighted by Gasteiger charge is 2.17. The van der Waals surface area contributed by atoms with Crippen LogP contribution < -0.4 is 5.56 Å². The Kier molecular flexibility index (Phi) is 4.30. The normalized spacial score (nSPS) is 11.1. The van der Waals surface area contributed by atoms with Crippen LogP contribution in [0.3, 0.4) is 0 Å². The molecule has 0 spiro atoms. The maximum absolute atomic E-state index is 13.4. The van der Waals surface area contributed by atoms with Crippen LogP contribution in [0, 0.1) is 6.92 Å². The van der Waals surface area contributed by atoms with Crippen molar-refractivity contribution in [1.82, 2.24) is 14.5 Å². The van der Waals surface area contributed by atoms with E-state index in [0.29, 0.717) is 21.9 Å². The standard InChI is InChI=1S/C24H17N3OS/c1-16-11-13-17(14-12-16)21-15-29-24(26-21)27-22(18-7-3-2-4-8-18)25-20-10-6-5-9-19(20)23(27)28/h2-15H,1H3. The van der Waals surface area contributed by atoms with Crippen LogP contribution in [0.1, 0.15) is 5.56 Å².